The number of nitrogens with zero attached hydrogens (tertiary/aromatic N) is 2. The van der Waals surface area contributed by atoms with Gasteiger partial charge in [0.25, 0.3) is 5.69 Å². The van der Waals surface area contributed by atoms with Gasteiger partial charge in [-0.2, -0.15) is 0 Å². The summed E-state index contributed by atoms with van der Waals surface area (Å²) in [4.78, 5) is 23.5. The Morgan fingerprint density at radius 2 is 2.21 bits per heavy atom. The van der Waals surface area contributed by atoms with Crippen molar-refractivity contribution >= 4 is 23.2 Å². The highest BCUT2D eigenvalue weighted by molar-refractivity contribution is 6.31. The van der Waals surface area contributed by atoms with Crippen molar-refractivity contribution in [3.63, 3.8) is 0 Å². The van der Waals surface area contributed by atoms with E-state index in [9.17, 15) is 14.9 Å². The second kappa shape index (κ2) is 7.06. The summed E-state index contributed by atoms with van der Waals surface area (Å²) in [6.45, 7) is 1.30. The van der Waals surface area contributed by atoms with Gasteiger partial charge in [0, 0.05) is 32.3 Å². The van der Waals surface area contributed by atoms with Gasteiger partial charge in [0.15, 0.2) is 0 Å². The molecule has 0 aromatic heterocycles. The fourth-order valence-electron chi connectivity index (χ4n) is 1.50. The topological polar surface area (TPSA) is 75.5 Å². The van der Waals surface area contributed by atoms with E-state index in [1.807, 2.05) is 7.05 Å². The first kappa shape index (κ1) is 15.4. The second-order valence-corrected chi connectivity index (χ2v) is 4.54. The van der Waals surface area contributed by atoms with E-state index in [1.54, 1.807) is 11.9 Å². The third-order valence-electron chi connectivity index (χ3n) is 2.71. The number of nitro benzene ring substituents is 1. The zero-order chi connectivity index (χ0) is 14.4. The normalized spacial score (nSPS) is 10.3. The van der Waals surface area contributed by atoms with Crippen LogP contribution in [0.3, 0.4) is 0 Å². The van der Waals surface area contributed by atoms with Gasteiger partial charge < -0.3 is 10.2 Å². The molecule has 0 aliphatic rings. The van der Waals surface area contributed by atoms with Crippen molar-refractivity contribution in [3.05, 3.63) is 38.9 Å². The van der Waals surface area contributed by atoms with E-state index >= 15 is 0 Å². The molecule has 7 heteroatoms. The lowest BCUT2D eigenvalue weighted by Gasteiger charge is -2.17. The number of rotatable bonds is 6. The number of nitro groups is 1. The Balaban J connectivity index is 2.72. The van der Waals surface area contributed by atoms with Crippen molar-refractivity contribution in [2.24, 2.45) is 0 Å². The zero-order valence-corrected chi connectivity index (χ0v) is 11.6. The summed E-state index contributed by atoms with van der Waals surface area (Å²) >= 11 is 5.94. The molecule has 1 N–H and O–H groups in total. The summed E-state index contributed by atoms with van der Waals surface area (Å²) in [6, 6.07) is 4.13. The second-order valence-electron chi connectivity index (χ2n) is 4.13. The first-order chi connectivity index (χ1) is 8.95. The number of hydrogen-bond donors (Lipinski definition) is 1. The molecule has 19 heavy (non-hydrogen) atoms. The van der Waals surface area contributed by atoms with Gasteiger partial charge in [-0.1, -0.05) is 17.7 Å². The van der Waals surface area contributed by atoms with E-state index < -0.39 is 4.92 Å². The maximum absolute atomic E-state index is 11.9. The molecular weight excluding hydrogens is 270 g/mol. The monoisotopic (exact) mass is 285 g/mol. The molecule has 0 radical (unpaired) electrons. The Morgan fingerprint density at radius 1 is 1.53 bits per heavy atom. The van der Waals surface area contributed by atoms with Crippen LogP contribution in [0.4, 0.5) is 5.69 Å². The molecule has 1 rings (SSSR count). The molecule has 0 heterocycles. The highest BCUT2D eigenvalue weighted by Gasteiger charge is 2.14. The fourth-order valence-corrected chi connectivity index (χ4v) is 1.74. The highest BCUT2D eigenvalue weighted by Crippen LogP contribution is 2.23. The first-order valence-electron chi connectivity index (χ1n) is 5.77. The number of likely N-dealkylation sites (N-methyl/N-ethyl adjacent to an activating group) is 2. The summed E-state index contributed by atoms with van der Waals surface area (Å²) < 4.78 is 0. The molecule has 0 bridgehead atoms. The summed E-state index contributed by atoms with van der Waals surface area (Å²) in [7, 11) is 3.52. The standard InChI is InChI=1S/C12H16ClN3O3/c1-14-5-6-15(2)12(17)7-9-3-4-10(16(18)19)8-11(9)13/h3-4,8,14H,5-7H2,1-2H3. The van der Waals surface area contributed by atoms with Crippen LogP contribution in [0.1, 0.15) is 5.56 Å². The van der Waals surface area contributed by atoms with E-state index in [0.717, 1.165) is 0 Å². The van der Waals surface area contributed by atoms with Crippen molar-refractivity contribution in [1.82, 2.24) is 10.2 Å². The molecule has 0 aliphatic carbocycles. The molecule has 0 aliphatic heterocycles. The van der Waals surface area contributed by atoms with E-state index in [2.05, 4.69) is 5.32 Å². The van der Waals surface area contributed by atoms with Crippen LogP contribution in [0.15, 0.2) is 18.2 Å². The van der Waals surface area contributed by atoms with E-state index in [4.69, 9.17) is 11.6 Å². The van der Waals surface area contributed by atoms with Gasteiger partial charge in [-0.3, -0.25) is 14.9 Å². The molecule has 0 spiro atoms. The molecule has 0 saturated heterocycles. The smallest absolute Gasteiger partial charge is 0.270 e. The third-order valence-corrected chi connectivity index (χ3v) is 3.06. The Morgan fingerprint density at radius 3 is 2.74 bits per heavy atom. The van der Waals surface area contributed by atoms with Crippen molar-refractivity contribution in [3.8, 4) is 0 Å². The minimum atomic E-state index is -0.517. The van der Waals surface area contributed by atoms with Crippen molar-refractivity contribution in [2.45, 2.75) is 6.42 Å². The predicted molar refractivity (Wildman–Crippen MR) is 73.4 cm³/mol. The molecule has 1 aromatic carbocycles. The molecular formula is C12H16ClN3O3. The number of halogens is 1. The van der Waals surface area contributed by atoms with Gasteiger partial charge in [0.2, 0.25) is 5.91 Å². The Hall–Kier alpha value is -1.66. The molecule has 0 fully saturated rings. The van der Waals surface area contributed by atoms with E-state index in [1.165, 1.54) is 18.2 Å². The molecule has 0 atom stereocenters. The highest BCUT2D eigenvalue weighted by atomic mass is 35.5. The summed E-state index contributed by atoms with van der Waals surface area (Å²) in [6.07, 6.45) is 0.136. The SMILES string of the molecule is CNCCN(C)C(=O)Cc1ccc([N+](=O)[O-])cc1Cl. The number of carbonyl (C=O) groups is 1. The van der Waals surface area contributed by atoms with Gasteiger partial charge in [0.05, 0.1) is 16.4 Å². The number of nitrogens with one attached hydrogen (secondary N) is 1. The van der Waals surface area contributed by atoms with Crippen LogP contribution in [0.5, 0.6) is 0 Å². The van der Waals surface area contributed by atoms with Crippen LogP contribution in [0.25, 0.3) is 0 Å². The largest absolute Gasteiger partial charge is 0.344 e. The van der Waals surface area contributed by atoms with Crippen molar-refractivity contribution < 1.29 is 9.72 Å². The number of amides is 1. The number of carbonyl (C=O) groups excluding carboxylic acids is 1. The molecule has 0 unspecified atom stereocenters. The van der Waals surface area contributed by atoms with Crippen LogP contribution in [0.2, 0.25) is 5.02 Å². The van der Waals surface area contributed by atoms with Gasteiger partial charge in [-0.05, 0) is 12.6 Å². The van der Waals surface area contributed by atoms with Crippen LogP contribution in [0, 0.1) is 10.1 Å². The van der Waals surface area contributed by atoms with Gasteiger partial charge in [-0.15, -0.1) is 0 Å². The zero-order valence-electron chi connectivity index (χ0n) is 10.9. The van der Waals surface area contributed by atoms with Crippen LogP contribution in [-0.2, 0) is 11.2 Å². The Labute approximate surface area is 116 Å². The van der Waals surface area contributed by atoms with Gasteiger partial charge in [0.1, 0.15) is 0 Å². The lowest BCUT2D eigenvalue weighted by atomic mass is 10.1. The average Bonchev–Trinajstić information content (AvgIpc) is 2.37. The minimum Gasteiger partial charge on any atom is -0.344 e. The van der Waals surface area contributed by atoms with E-state index in [-0.39, 0.29) is 23.0 Å². The van der Waals surface area contributed by atoms with Crippen molar-refractivity contribution in [1.29, 1.82) is 0 Å². The molecule has 1 aromatic rings. The number of benzene rings is 1. The van der Waals surface area contributed by atoms with Crippen LogP contribution < -0.4 is 5.32 Å². The van der Waals surface area contributed by atoms with Crippen LogP contribution in [-0.4, -0.2) is 42.9 Å². The van der Waals surface area contributed by atoms with Crippen molar-refractivity contribution in [2.75, 3.05) is 27.2 Å². The molecule has 0 saturated carbocycles. The maximum atomic E-state index is 11.9. The lowest BCUT2D eigenvalue weighted by molar-refractivity contribution is -0.384. The Bertz CT molecular complexity index is 479. The average molecular weight is 286 g/mol. The summed E-state index contributed by atoms with van der Waals surface area (Å²) in [5.41, 5.74) is 0.512. The lowest BCUT2D eigenvalue weighted by Crippen LogP contribution is -2.33. The quantitative estimate of drug-likeness (QED) is 0.634. The minimum absolute atomic E-state index is 0.0778. The van der Waals surface area contributed by atoms with Crippen LogP contribution >= 0.6 is 11.6 Å². The predicted octanol–water partition coefficient (Wildman–Crippen LogP) is 1.47. The Kier molecular flexibility index (Phi) is 5.72. The first-order valence-corrected chi connectivity index (χ1v) is 6.15. The van der Waals surface area contributed by atoms with Gasteiger partial charge >= 0.3 is 0 Å². The molecule has 104 valence electrons. The summed E-state index contributed by atoms with van der Waals surface area (Å²) in [5, 5.41) is 13.8. The fraction of sp³-hybridized carbons (Fsp3) is 0.417. The number of non-ortho nitro benzene ring substituents is 1. The van der Waals surface area contributed by atoms with Gasteiger partial charge in [-0.25, -0.2) is 0 Å². The van der Waals surface area contributed by atoms with E-state index in [0.29, 0.717) is 18.7 Å². The number of hydrogen-bond acceptors (Lipinski definition) is 4. The summed E-state index contributed by atoms with van der Waals surface area (Å²) in [5.74, 6) is -0.0778. The third kappa shape index (κ3) is 4.50. The maximum Gasteiger partial charge on any atom is 0.270 e. The molecule has 1 amide bonds. The molecule has 6 nitrogen and oxygen atoms in total.